The van der Waals surface area contributed by atoms with Crippen LogP contribution in [-0.4, -0.2) is 18.8 Å². The Hall–Kier alpha value is -1.02. The second-order valence-corrected chi connectivity index (χ2v) is 9.02. The van der Waals surface area contributed by atoms with Crippen LogP contribution in [0.1, 0.15) is 73.4 Å². The maximum absolute atomic E-state index is 6.00. The minimum absolute atomic E-state index is 0.0570. The van der Waals surface area contributed by atoms with Crippen LogP contribution in [0.25, 0.3) is 0 Å². The third kappa shape index (κ3) is 6.00. The Morgan fingerprint density at radius 1 is 0.773 bits per heavy atom. The van der Waals surface area contributed by atoms with Crippen molar-refractivity contribution in [3.8, 4) is 5.75 Å². The summed E-state index contributed by atoms with van der Waals surface area (Å²) in [6.45, 7) is 20.8. The fourth-order valence-electron chi connectivity index (χ4n) is 2.21. The minimum Gasteiger partial charge on any atom is -0.491 e. The maximum Gasteiger partial charge on any atom is 0.123 e. The molecule has 0 aliphatic rings. The third-order valence-electron chi connectivity index (χ3n) is 3.53. The molecule has 0 bridgehead atoms. The second kappa shape index (κ2) is 6.62. The van der Waals surface area contributed by atoms with E-state index in [-0.39, 0.29) is 16.4 Å². The van der Waals surface area contributed by atoms with E-state index in [2.05, 4.69) is 80.5 Å². The lowest BCUT2D eigenvalue weighted by Gasteiger charge is -2.27. The fourth-order valence-corrected chi connectivity index (χ4v) is 2.21. The van der Waals surface area contributed by atoms with Crippen LogP contribution in [0.4, 0.5) is 0 Å². The molecule has 0 amide bonds. The zero-order valence-electron chi connectivity index (χ0n) is 16.0. The molecule has 1 aromatic rings. The Kier molecular flexibility index (Phi) is 5.72. The summed E-state index contributed by atoms with van der Waals surface area (Å²) in [6.07, 6.45) is 0. The Bertz CT molecular complexity index is 482. The first-order chi connectivity index (χ1) is 9.81. The van der Waals surface area contributed by atoms with Gasteiger partial charge in [0.2, 0.25) is 0 Å². The van der Waals surface area contributed by atoms with Crippen molar-refractivity contribution in [1.29, 1.82) is 0 Å². The molecular weight excluding hydrogens is 272 g/mol. The van der Waals surface area contributed by atoms with Crippen molar-refractivity contribution in [2.24, 2.45) is 0 Å². The molecule has 1 aromatic carbocycles. The van der Waals surface area contributed by atoms with Gasteiger partial charge in [-0.1, -0.05) is 53.7 Å². The first-order valence-electron chi connectivity index (χ1n) is 8.22. The van der Waals surface area contributed by atoms with Crippen molar-refractivity contribution < 1.29 is 9.47 Å². The van der Waals surface area contributed by atoms with E-state index in [9.17, 15) is 0 Å². The summed E-state index contributed by atoms with van der Waals surface area (Å²) in [6, 6.07) is 6.58. The highest BCUT2D eigenvalue weighted by Crippen LogP contribution is 2.35. The SMILES string of the molecule is CC(C)(C)OCCOc1ccc(C(C)(C)C)cc1C(C)(C)C. The van der Waals surface area contributed by atoms with E-state index in [0.29, 0.717) is 13.2 Å². The Balaban J connectivity index is 2.91. The molecule has 0 fully saturated rings. The molecule has 0 N–H and O–H groups in total. The van der Waals surface area contributed by atoms with E-state index >= 15 is 0 Å². The maximum atomic E-state index is 6.00. The molecule has 0 atom stereocenters. The Morgan fingerprint density at radius 3 is 1.82 bits per heavy atom. The molecule has 0 unspecified atom stereocenters. The summed E-state index contributed by atoms with van der Waals surface area (Å²) in [5.41, 5.74) is 2.69. The first-order valence-corrected chi connectivity index (χ1v) is 8.22. The van der Waals surface area contributed by atoms with Crippen molar-refractivity contribution in [2.45, 2.75) is 78.7 Å². The minimum atomic E-state index is -0.119. The van der Waals surface area contributed by atoms with Crippen LogP contribution in [0.5, 0.6) is 5.75 Å². The van der Waals surface area contributed by atoms with Gasteiger partial charge >= 0.3 is 0 Å². The highest BCUT2D eigenvalue weighted by Gasteiger charge is 2.23. The molecule has 0 spiro atoms. The Labute approximate surface area is 137 Å². The predicted octanol–water partition coefficient (Wildman–Crippen LogP) is 5.48. The van der Waals surface area contributed by atoms with Crippen molar-refractivity contribution in [3.05, 3.63) is 29.3 Å². The molecule has 0 aliphatic carbocycles. The highest BCUT2D eigenvalue weighted by atomic mass is 16.5. The van der Waals surface area contributed by atoms with Gasteiger partial charge in [0.05, 0.1) is 12.2 Å². The second-order valence-electron chi connectivity index (χ2n) is 9.02. The van der Waals surface area contributed by atoms with E-state index < -0.39 is 0 Å². The van der Waals surface area contributed by atoms with E-state index in [1.165, 1.54) is 11.1 Å². The molecule has 0 aliphatic heterocycles. The number of ether oxygens (including phenoxy) is 2. The molecule has 2 heteroatoms. The number of rotatable bonds is 4. The summed E-state index contributed by atoms with van der Waals surface area (Å²) < 4.78 is 11.7. The average molecular weight is 306 g/mol. The Morgan fingerprint density at radius 2 is 1.36 bits per heavy atom. The van der Waals surface area contributed by atoms with Crippen LogP contribution in [0.2, 0.25) is 0 Å². The van der Waals surface area contributed by atoms with Crippen LogP contribution >= 0.6 is 0 Å². The van der Waals surface area contributed by atoms with Crippen molar-refractivity contribution in [3.63, 3.8) is 0 Å². The van der Waals surface area contributed by atoms with Crippen molar-refractivity contribution in [1.82, 2.24) is 0 Å². The molecular formula is C20H34O2. The van der Waals surface area contributed by atoms with Crippen molar-refractivity contribution in [2.75, 3.05) is 13.2 Å². The van der Waals surface area contributed by atoms with Gasteiger partial charge in [0.15, 0.2) is 0 Å². The summed E-state index contributed by atoms with van der Waals surface area (Å²) >= 11 is 0. The third-order valence-corrected chi connectivity index (χ3v) is 3.53. The molecule has 1 rings (SSSR count). The van der Waals surface area contributed by atoms with Gasteiger partial charge in [-0.05, 0) is 48.8 Å². The van der Waals surface area contributed by atoms with Gasteiger partial charge in [-0.15, -0.1) is 0 Å². The number of hydrogen-bond acceptors (Lipinski definition) is 2. The zero-order chi connectivity index (χ0) is 17.2. The first kappa shape index (κ1) is 19.0. The van der Waals surface area contributed by atoms with Gasteiger partial charge in [-0.2, -0.15) is 0 Å². The lowest BCUT2D eigenvalue weighted by Crippen LogP contribution is -2.23. The molecule has 0 radical (unpaired) electrons. The van der Waals surface area contributed by atoms with E-state index in [1.54, 1.807) is 0 Å². The van der Waals surface area contributed by atoms with Gasteiger partial charge in [-0.25, -0.2) is 0 Å². The standard InChI is InChI=1S/C20H34O2/c1-18(2,3)15-10-11-17(16(14-15)19(4,5)6)21-12-13-22-20(7,8)9/h10-11,14H,12-13H2,1-9H3. The highest BCUT2D eigenvalue weighted by molar-refractivity contribution is 5.43. The molecule has 22 heavy (non-hydrogen) atoms. The van der Waals surface area contributed by atoms with Gasteiger partial charge in [-0.3, -0.25) is 0 Å². The fraction of sp³-hybridized carbons (Fsp3) is 0.700. The van der Waals surface area contributed by atoms with Gasteiger partial charge < -0.3 is 9.47 Å². The summed E-state index contributed by atoms with van der Waals surface area (Å²) in [4.78, 5) is 0. The quantitative estimate of drug-likeness (QED) is 0.686. The smallest absolute Gasteiger partial charge is 0.123 e. The van der Waals surface area contributed by atoms with E-state index in [1.807, 2.05) is 0 Å². The van der Waals surface area contributed by atoms with E-state index in [4.69, 9.17) is 9.47 Å². The number of hydrogen-bond donors (Lipinski definition) is 0. The van der Waals surface area contributed by atoms with Crippen LogP contribution in [0.3, 0.4) is 0 Å². The predicted molar refractivity (Wildman–Crippen MR) is 95.0 cm³/mol. The van der Waals surface area contributed by atoms with Gasteiger partial charge in [0, 0.05) is 0 Å². The molecule has 0 saturated heterocycles. The van der Waals surface area contributed by atoms with Gasteiger partial charge in [0.1, 0.15) is 12.4 Å². The normalized spacial score (nSPS) is 13.3. The molecule has 0 aromatic heterocycles. The largest absolute Gasteiger partial charge is 0.491 e. The monoisotopic (exact) mass is 306 g/mol. The van der Waals surface area contributed by atoms with Gasteiger partial charge in [0.25, 0.3) is 0 Å². The van der Waals surface area contributed by atoms with Crippen molar-refractivity contribution >= 4 is 0 Å². The lowest BCUT2D eigenvalue weighted by atomic mass is 9.80. The summed E-state index contributed by atoms with van der Waals surface area (Å²) in [5.74, 6) is 0.970. The van der Waals surface area contributed by atoms with Crippen LogP contribution in [0.15, 0.2) is 18.2 Å². The zero-order valence-corrected chi connectivity index (χ0v) is 16.0. The number of benzene rings is 1. The lowest BCUT2D eigenvalue weighted by molar-refractivity contribution is -0.0164. The van der Waals surface area contributed by atoms with E-state index in [0.717, 1.165) is 5.75 Å². The molecule has 0 heterocycles. The van der Waals surface area contributed by atoms with Crippen LogP contribution in [0, 0.1) is 0 Å². The molecule has 0 saturated carbocycles. The topological polar surface area (TPSA) is 18.5 Å². The molecule has 126 valence electrons. The van der Waals surface area contributed by atoms with Crippen LogP contribution < -0.4 is 4.74 Å². The van der Waals surface area contributed by atoms with Crippen LogP contribution in [-0.2, 0) is 15.6 Å². The molecule has 2 nitrogen and oxygen atoms in total. The summed E-state index contributed by atoms with van der Waals surface area (Å²) in [5, 5.41) is 0. The summed E-state index contributed by atoms with van der Waals surface area (Å²) in [7, 11) is 0. The average Bonchev–Trinajstić information content (AvgIpc) is 2.31.